The third-order valence-electron chi connectivity index (χ3n) is 3.99. The third kappa shape index (κ3) is 6.97. The van der Waals surface area contributed by atoms with Gasteiger partial charge in [-0.25, -0.2) is 0 Å². The maximum Gasteiger partial charge on any atom is 0.705 e. The van der Waals surface area contributed by atoms with Crippen LogP contribution in [0.15, 0.2) is 48.5 Å². The van der Waals surface area contributed by atoms with Gasteiger partial charge < -0.3 is 18.0 Å². The molecule has 0 spiro atoms. The van der Waals surface area contributed by atoms with Gasteiger partial charge in [-0.05, 0) is 18.1 Å². The zero-order chi connectivity index (χ0) is 22.9. The minimum Gasteiger partial charge on any atom is -0.492 e. The fourth-order valence-electron chi connectivity index (χ4n) is 2.96. The van der Waals surface area contributed by atoms with E-state index < -0.39 is 26.7 Å². The van der Waals surface area contributed by atoms with Crippen molar-refractivity contribution in [3.05, 3.63) is 54.1 Å². The normalized spacial score (nSPS) is 10.5. The van der Waals surface area contributed by atoms with Crippen molar-refractivity contribution >= 4 is 26.7 Å². The van der Waals surface area contributed by atoms with Crippen molar-refractivity contribution in [1.29, 1.82) is 5.26 Å². The first-order valence-corrected chi connectivity index (χ1v) is 11.5. The Kier molecular flexibility index (Phi) is 8.34. The van der Waals surface area contributed by atoms with Crippen molar-refractivity contribution in [2.75, 3.05) is 6.61 Å². The summed E-state index contributed by atoms with van der Waals surface area (Å²) in [4.78, 5) is 34.6. The van der Waals surface area contributed by atoms with E-state index in [-0.39, 0.29) is 19.1 Å². The van der Waals surface area contributed by atoms with Crippen LogP contribution in [0.5, 0.6) is 5.75 Å². The second-order valence-corrected chi connectivity index (χ2v) is 9.05. The molecule has 0 heterocycles. The Morgan fingerprint density at radius 1 is 0.871 bits per heavy atom. The summed E-state index contributed by atoms with van der Waals surface area (Å²) in [5, 5.41) is 9.48. The fraction of sp³-hybridized carbons (Fsp3) is 0.273. The summed E-state index contributed by atoms with van der Waals surface area (Å²) in [6.45, 7) is 3.53. The largest absolute Gasteiger partial charge is 0.705 e. The van der Waals surface area contributed by atoms with Crippen LogP contribution in [0.3, 0.4) is 0 Å². The monoisotopic (exact) mass is 441 g/mol. The van der Waals surface area contributed by atoms with Gasteiger partial charge >= 0.3 is 8.80 Å². The van der Waals surface area contributed by atoms with E-state index in [2.05, 4.69) is 6.07 Å². The average molecular weight is 442 g/mol. The molecule has 9 heteroatoms. The lowest BCUT2D eigenvalue weighted by Gasteiger charge is -2.26. The molecular formula is C22H23NO7Si. The van der Waals surface area contributed by atoms with Crippen LogP contribution in [-0.2, 0) is 27.7 Å². The van der Waals surface area contributed by atoms with Gasteiger partial charge in [-0.2, -0.15) is 5.26 Å². The van der Waals surface area contributed by atoms with Gasteiger partial charge in [-0.15, -0.1) is 0 Å². The van der Waals surface area contributed by atoms with E-state index >= 15 is 0 Å². The lowest BCUT2D eigenvalue weighted by molar-refractivity contribution is -0.147. The van der Waals surface area contributed by atoms with Crippen molar-refractivity contribution in [3.8, 4) is 22.9 Å². The first-order valence-electron chi connectivity index (χ1n) is 9.56. The number of rotatable bonds is 9. The molecule has 0 N–H and O–H groups in total. The lowest BCUT2D eigenvalue weighted by Crippen LogP contribution is -2.49. The van der Waals surface area contributed by atoms with Crippen molar-refractivity contribution in [2.45, 2.75) is 33.2 Å². The van der Waals surface area contributed by atoms with Crippen LogP contribution in [0.1, 0.15) is 32.8 Å². The highest BCUT2D eigenvalue weighted by Gasteiger charge is 2.51. The van der Waals surface area contributed by atoms with Crippen LogP contribution < -0.4 is 4.74 Å². The first kappa shape index (κ1) is 23.6. The molecule has 2 aromatic rings. The quantitative estimate of drug-likeness (QED) is 0.428. The summed E-state index contributed by atoms with van der Waals surface area (Å²) < 4.78 is 21.4. The van der Waals surface area contributed by atoms with E-state index in [1.807, 2.05) is 36.4 Å². The number of ether oxygens (including phenoxy) is 1. The van der Waals surface area contributed by atoms with Crippen molar-refractivity contribution in [3.63, 3.8) is 0 Å². The molecule has 0 aromatic heterocycles. The Bertz CT molecular complexity index is 944. The van der Waals surface area contributed by atoms with E-state index in [1.54, 1.807) is 12.1 Å². The highest BCUT2D eigenvalue weighted by atomic mass is 28.4. The molecular weight excluding hydrogens is 418 g/mol. The van der Waals surface area contributed by atoms with Gasteiger partial charge in [-0.3, -0.25) is 14.4 Å². The second-order valence-electron chi connectivity index (χ2n) is 6.58. The van der Waals surface area contributed by atoms with E-state index in [0.29, 0.717) is 11.3 Å². The average Bonchev–Trinajstić information content (AvgIpc) is 2.70. The number of nitrogens with zero attached hydrogens (tertiary/aromatic N) is 1. The number of carbonyl (C=O) groups excluding carboxylic acids is 3. The Hall–Kier alpha value is -3.64. The molecule has 0 amide bonds. The molecule has 0 aliphatic rings. The molecule has 0 bridgehead atoms. The van der Waals surface area contributed by atoms with Gasteiger partial charge in [0.15, 0.2) is 0 Å². The van der Waals surface area contributed by atoms with Crippen LogP contribution >= 0.6 is 0 Å². The number of carbonyl (C=O) groups is 3. The summed E-state index contributed by atoms with van der Waals surface area (Å²) in [6.07, 6.45) is 0.244. The molecule has 162 valence electrons. The number of hydrogen-bond acceptors (Lipinski definition) is 8. The molecule has 0 atom stereocenters. The molecule has 0 radical (unpaired) electrons. The van der Waals surface area contributed by atoms with Gasteiger partial charge in [0.05, 0.1) is 18.2 Å². The molecule has 0 aliphatic heterocycles. The van der Waals surface area contributed by atoms with Crippen LogP contribution in [-0.4, -0.2) is 33.3 Å². The van der Waals surface area contributed by atoms with Gasteiger partial charge in [0.2, 0.25) is 0 Å². The predicted molar refractivity (Wildman–Crippen MR) is 113 cm³/mol. The van der Waals surface area contributed by atoms with Crippen molar-refractivity contribution < 1.29 is 32.4 Å². The molecule has 0 saturated carbocycles. The summed E-state index contributed by atoms with van der Waals surface area (Å²) in [5.41, 5.74) is 2.01. The Morgan fingerprint density at radius 3 is 1.97 bits per heavy atom. The molecule has 2 aromatic carbocycles. The Morgan fingerprint density at radius 2 is 1.45 bits per heavy atom. The van der Waals surface area contributed by atoms with Crippen molar-refractivity contribution in [1.82, 2.24) is 0 Å². The molecule has 2 rings (SSSR count). The number of hydrogen-bond donors (Lipinski definition) is 0. The molecule has 0 saturated heterocycles. The van der Waals surface area contributed by atoms with E-state index in [1.165, 1.54) is 0 Å². The third-order valence-corrected chi connectivity index (χ3v) is 6.75. The number of benzene rings is 2. The lowest BCUT2D eigenvalue weighted by atomic mass is 10.0. The van der Waals surface area contributed by atoms with Crippen LogP contribution in [0.4, 0.5) is 0 Å². The van der Waals surface area contributed by atoms with Gasteiger partial charge in [0, 0.05) is 26.3 Å². The highest BCUT2D eigenvalue weighted by molar-refractivity contribution is 6.65. The molecule has 0 aliphatic carbocycles. The second kappa shape index (κ2) is 10.9. The number of nitriles is 1. The summed E-state index contributed by atoms with van der Waals surface area (Å²) in [5.74, 6) is -1.76. The Labute approximate surface area is 181 Å². The maximum absolute atomic E-state index is 11.5. The summed E-state index contributed by atoms with van der Waals surface area (Å²) in [7, 11) is -3.92. The van der Waals surface area contributed by atoms with Gasteiger partial charge in [0.25, 0.3) is 17.9 Å². The van der Waals surface area contributed by atoms with Gasteiger partial charge in [-0.1, -0.05) is 42.5 Å². The molecule has 0 unspecified atom stereocenters. The zero-order valence-corrected chi connectivity index (χ0v) is 18.5. The van der Waals surface area contributed by atoms with E-state index in [4.69, 9.17) is 18.0 Å². The predicted octanol–water partition coefficient (Wildman–Crippen LogP) is 3.62. The number of para-hydroxylation sites is 1. The standard InChI is InChI=1S/C22H23NO7Si/c1-16(24)28-31(29-17(2)25,30-18(3)26)14-8-13-27-22-20(15-23)11-7-12-21(22)19-9-5-4-6-10-19/h4-7,9-12H,8,13-14H2,1-3H3. The topological polar surface area (TPSA) is 112 Å². The SMILES string of the molecule is CC(=O)O[Si](CCCOc1c(C#N)cccc1-c1ccccc1)(OC(C)=O)OC(C)=O. The zero-order valence-electron chi connectivity index (χ0n) is 17.5. The molecule has 0 fully saturated rings. The minimum absolute atomic E-state index is 0.0128. The molecule has 8 nitrogen and oxygen atoms in total. The van der Waals surface area contributed by atoms with Crippen LogP contribution in [0.25, 0.3) is 11.1 Å². The van der Waals surface area contributed by atoms with Crippen LogP contribution in [0, 0.1) is 11.3 Å². The maximum atomic E-state index is 11.5. The Balaban J connectivity index is 2.19. The van der Waals surface area contributed by atoms with Gasteiger partial charge in [0.1, 0.15) is 11.8 Å². The van der Waals surface area contributed by atoms with E-state index in [9.17, 15) is 19.6 Å². The summed E-state index contributed by atoms with van der Waals surface area (Å²) in [6, 6.07) is 16.8. The van der Waals surface area contributed by atoms with Crippen molar-refractivity contribution in [2.24, 2.45) is 0 Å². The first-order chi connectivity index (χ1) is 14.8. The van der Waals surface area contributed by atoms with E-state index in [0.717, 1.165) is 31.9 Å². The molecule has 31 heavy (non-hydrogen) atoms. The minimum atomic E-state index is -3.92. The fourth-order valence-corrected chi connectivity index (χ4v) is 5.28. The smallest absolute Gasteiger partial charge is 0.492 e. The highest BCUT2D eigenvalue weighted by Crippen LogP contribution is 2.33. The summed E-state index contributed by atoms with van der Waals surface area (Å²) >= 11 is 0. The van der Waals surface area contributed by atoms with Crippen LogP contribution in [0.2, 0.25) is 6.04 Å².